The zero-order chi connectivity index (χ0) is 15.6. The Morgan fingerprint density at radius 2 is 2.05 bits per heavy atom. The van der Waals surface area contributed by atoms with Gasteiger partial charge in [-0.1, -0.05) is 36.2 Å². The minimum atomic E-state index is -3.72. The highest BCUT2D eigenvalue weighted by Gasteiger charge is 2.21. The van der Waals surface area contributed by atoms with Crippen molar-refractivity contribution in [1.82, 2.24) is 0 Å². The van der Waals surface area contributed by atoms with Crippen molar-refractivity contribution in [3.8, 4) is 0 Å². The van der Waals surface area contributed by atoms with Gasteiger partial charge in [0.1, 0.15) is 0 Å². The maximum atomic E-state index is 11.8. The molecule has 0 unspecified atom stereocenters. The summed E-state index contributed by atoms with van der Waals surface area (Å²) in [6.45, 7) is 3.99. The Morgan fingerprint density at radius 3 is 2.57 bits per heavy atom. The lowest BCUT2D eigenvalue weighted by Gasteiger charge is -2.18. The molecule has 6 heteroatoms. The van der Waals surface area contributed by atoms with Gasteiger partial charge in [-0.25, -0.2) is 13.6 Å². The van der Waals surface area contributed by atoms with Gasteiger partial charge in [-0.2, -0.15) is 0 Å². The predicted octanol–water partition coefficient (Wildman–Crippen LogP) is 4.09. The van der Waals surface area contributed by atoms with Gasteiger partial charge in [0.15, 0.2) is 0 Å². The van der Waals surface area contributed by atoms with Gasteiger partial charge in [0, 0.05) is 4.88 Å². The first-order chi connectivity index (χ1) is 9.82. The van der Waals surface area contributed by atoms with E-state index < -0.39 is 10.0 Å². The molecule has 1 atom stereocenters. The fourth-order valence-electron chi connectivity index (χ4n) is 2.41. The molecule has 2 rings (SSSR count). The molecule has 1 heterocycles. The van der Waals surface area contributed by atoms with Gasteiger partial charge in [-0.3, -0.25) is 0 Å². The summed E-state index contributed by atoms with van der Waals surface area (Å²) in [5.74, 6) is 0.0781. The number of primary sulfonamides is 1. The average Bonchev–Trinajstić information content (AvgIpc) is 2.79. The minimum absolute atomic E-state index is 0.0781. The Morgan fingerprint density at radius 1 is 1.33 bits per heavy atom. The van der Waals surface area contributed by atoms with Crippen LogP contribution in [-0.2, 0) is 16.4 Å². The molecule has 21 heavy (non-hydrogen) atoms. The maximum absolute atomic E-state index is 11.8. The van der Waals surface area contributed by atoms with E-state index >= 15 is 0 Å². The molecule has 3 nitrogen and oxygen atoms in total. The number of aryl methyl sites for hydroxylation is 1. The molecule has 1 aromatic heterocycles. The number of rotatable bonds is 5. The topological polar surface area (TPSA) is 60.2 Å². The van der Waals surface area contributed by atoms with Crippen LogP contribution < -0.4 is 5.14 Å². The fourth-order valence-corrected chi connectivity index (χ4v) is 4.42. The lowest BCUT2D eigenvalue weighted by atomic mass is 9.91. The van der Waals surface area contributed by atoms with Crippen LogP contribution in [0.5, 0.6) is 0 Å². The van der Waals surface area contributed by atoms with Crippen LogP contribution in [0.15, 0.2) is 34.5 Å². The lowest BCUT2D eigenvalue weighted by Crippen LogP contribution is -2.17. The van der Waals surface area contributed by atoms with Crippen LogP contribution >= 0.6 is 22.9 Å². The van der Waals surface area contributed by atoms with E-state index in [1.54, 1.807) is 23.5 Å². The van der Waals surface area contributed by atoms with E-state index in [0.717, 1.165) is 33.9 Å². The SMILES string of the molecule is CC[C@H](Cc1sccc1Cl)c1cc(C)ccc1S(N)(=O)=O. The van der Waals surface area contributed by atoms with Crippen LogP contribution in [0, 0.1) is 6.92 Å². The van der Waals surface area contributed by atoms with E-state index in [0.29, 0.717) is 0 Å². The number of nitrogens with two attached hydrogens (primary N) is 1. The molecular formula is C15H18ClNO2S2. The van der Waals surface area contributed by atoms with Gasteiger partial charge in [-0.15, -0.1) is 11.3 Å². The van der Waals surface area contributed by atoms with Gasteiger partial charge in [0.2, 0.25) is 10.0 Å². The van der Waals surface area contributed by atoms with Crippen molar-refractivity contribution in [2.24, 2.45) is 5.14 Å². The van der Waals surface area contributed by atoms with Crippen molar-refractivity contribution in [1.29, 1.82) is 0 Å². The highest BCUT2D eigenvalue weighted by atomic mass is 35.5. The summed E-state index contributed by atoms with van der Waals surface area (Å²) in [5, 5.41) is 8.04. The zero-order valence-corrected chi connectivity index (χ0v) is 14.4. The van der Waals surface area contributed by atoms with Crippen molar-refractivity contribution < 1.29 is 8.42 Å². The first kappa shape index (κ1) is 16.5. The van der Waals surface area contributed by atoms with Crippen molar-refractivity contribution in [3.05, 3.63) is 50.7 Å². The Bertz CT molecular complexity index is 738. The Kier molecular flexibility index (Phi) is 5.09. The molecule has 0 saturated carbocycles. The van der Waals surface area contributed by atoms with Gasteiger partial charge >= 0.3 is 0 Å². The minimum Gasteiger partial charge on any atom is -0.225 e. The Balaban J connectivity index is 2.47. The number of benzene rings is 1. The van der Waals surface area contributed by atoms with Crippen LogP contribution in [0.25, 0.3) is 0 Å². The van der Waals surface area contributed by atoms with Crippen LogP contribution in [0.3, 0.4) is 0 Å². The molecule has 1 aromatic carbocycles. The van der Waals surface area contributed by atoms with Crippen molar-refractivity contribution >= 4 is 33.0 Å². The summed E-state index contributed by atoms with van der Waals surface area (Å²) in [6, 6.07) is 7.15. The number of halogens is 1. The monoisotopic (exact) mass is 343 g/mol. The number of thiophene rings is 1. The number of sulfonamides is 1. The molecule has 0 aliphatic carbocycles. The van der Waals surface area contributed by atoms with Crippen LogP contribution in [0.2, 0.25) is 5.02 Å². The van der Waals surface area contributed by atoms with E-state index in [1.165, 1.54) is 0 Å². The molecule has 2 aromatic rings. The second kappa shape index (κ2) is 6.48. The zero-order valence-electron chi connectivity index (χ0n) is 12.0. The number of hydrogen-bond donors (Lipinski definition) is 1. The third kappa shape index (κ3) is 3.86. The Hall–Kier alpha value is -0.880. The molecular weight excluding hydrogens is 326 g/mol. The molecule has 2 N–H and O–H groups in total. The maximum Gasteiger partial charge on any atom is 0.238 e. The normalized spacial score (nSPS) is 13.3. The molecule has 0 radical (unpaired) electrons. The molecule has 0 fully saturated rings. The third-order valence-electron chi connectivity index (χ3n) is 3.53. The summed E-state index contributed by atoms with van der Waals surface area (Å²) in [6.07, 6.45) is 1.54. The van der Waals surface area contributed by atoms with E-state index in [4.69, 9.17) is 16.7 Å². The summed E-state index contributed by atoms with van der Waals surface area (Å²) in [7, 11) is -3.72. The van der Waals surface area contributed by atoms with Crippen LogP contribution in [0.4, 0.5) is 0 Å². The second-order valence-corrected chi connectivity index (χ2v) is 8.03. The molecule has 0 aliphatic rings. The van der Waals surface area contributed by atoms with Crippen LogP contribution in [0.1, 0.15) is 35.3 Å². The summed E-state index contributed by atoms with van der Waals surface area (Å²) >= 11 is 7.75. The summed E-state index contributed by atoms with van der Waals surface area (Å²) < 4.78 is 23.6. The fraction of sp³-hybridized carbons (Fsp3) is 0.333. The van der Waals surface area contributed by atoms with Gasteiger partial charge in [0.25, 0.3) is 0 Å². The quantitative estimate of drug-likeness (QED) is 0.888. The second-order valence-electron chi connectivity index (χ2n) is 5.09. The highest BCUT2D eigenvalue weighted by Crippen LogP contribution is 2.34. The average molecular weight is 344 g/mol. The van der Waals surface area contributed by atoms with E-state index in [9.17, 15) is 8.42 Å². The third-order valence-corrected chi connectivity index (χ3v) is 5.92. The molecule has 114 valence electrons. The van der Waals surface area contributed by atoms with Crippen molar-refractivity contribution in [2.45, 2.75) is 37.5 Å². The first-order valence-corrected chi connectivity index (χ1v) is 9.48. The lowest BCUT2D eigenvalue weighted by molar-refractivity contribution is 0.590. The van der Waals surface area contributed by atoms with Gasteiger partial charge < -0.3 is 0 Å². The summed E-state index contributed by atoms with van der Waals surface area (Å²) in [4.78, 5) is 1.29. The molecule has 0 saturated heterocycles. The smallest absolute Gasteiger partial charge is 0.225 e. The molecule has 0 amide bonds. The van der Waals surface area contributed by atoms with Crippen molar-refractivity contribution in [2.75, 3.05) is 0 Å². The van der Waals surface area contributed by atoms with Crippen molar-refractivity contribution in [3.63, 3.8) is 0 Å². The standard InChI is InChI=1S/C15H18ClNO2S2/c1-3-11(9-14-13(16)6-7-20-14)12-8-10(2)4-5-15(12)21(17,18)19/h4-8,11H,3,9H2,1-2H3,(H2,17,18,19)/t11-/m1/s1. The van der Waals surface area contributed by atoms with Crippen LogP contribution in [-0.4, -0.2) is 8.42 Å². The van der Waals surface area contributed by atoms with E-state index in [-0.39, 0.29) is 10.8 Å². The van der Waals surface area contributed by atoms with Gasteiger partial charge in [-0.05, 0) is 48.8 Å². The summed E-state index contributed by atoms with van der Waals surface area (Å²) in [5.41, 5.74) is 1.80. The van der Waals surface area contributed by atoms with E-state index in [1.807, 2.05) is 31.4 Å². The van der Waals surface area contributed by atoms with Gasteiger partial charge in [0.05, 0.1) is 9.92 Å². The molecule has 0 aliphatic heterocycles. The molecule has 0 bridgehead atoms. The molecule has 0 spiro atoms. The van der Waals surface area contributed by atoms with E-state index in [2.05, 4.69) is 0 Å². The first-order valence-electron chi connectivity index (χ1n) is 6.68. The highest BCUT2D eigenvalue weighted by molar-refractivity contribution is 7.89. The predicted molar refractivity (Wildman–Crippen MR) is 88.6 cm³/mol. The number of hydrogen-bond acceptors (Lipinski definition) is 3. The Labute approximate surface area is 134 Å². The largest absolute Gasteiger partial charge is 0.238 e.